The molecule has 0 bridgehead atoms. The van der Waals surface area contributed by atoms with E-state index in [0.29, 0.717) is 18.0 Å². The van der Waals surface area contributed by atoms with Crippen molar-refractivity contribution in [3.05, 3.63) is 53.2 Å². The van der Waals surface area contributed by atoms with E-state index in [1.807, 2.05) is 78.0 Å². The lowest BCUT2D eigenvalue weighted by atomic mass is 10.0. The predicted molar refractivity (Wildman–Crippen MR) is 147 cm³/mol. The van der Waals surface area contributed by atoms with E-state index in [4.69, 9.17) is 21.1 Å². The highest BCUT2D eigenvalue weighted by Crippen LogP contribution is 2.33. The minimum absolute atomic E-state index is 0.327. The molecule has 1 aliphatic heterocycles. The molecule has 1 unspecified atom stereocenters. The van der Waals surface area contributed by atoms with Crippen molar-refractivity contribution in [2.45, 2.75) is 65.3 Å². The normalized spacial score (nSPS) is 15.9. The molecule has 0 spiro atoms. The van der Waals surface area contributed by atoms with Gasteiger partial charge in [0.1, 0.15) is 17.4 Å². The number of carbonyl (C=O) groups is 2. The molecule has 0 saturated heterocycles. The van der Waals surface area contributed by atoms with Gasteiger partial charge in [-0.05, 0) is 89.9 Å². The molecule has 0 fully saturated rings. The van der Waals surface area contributed by atoms with Gasteiger partial charge in [-0.3, -0.25) is 0 Å². The van der Waals surface area contributed by atoms with Gasteiger partial charge in [-0.15, -0.1) is 0 Å². The molecule has 0 radical (unpaired) electrons. The summed E-state index contributed by atoms with van der Waals surface area (Å²) in [6.45, 7) is 11.4. The van der Waals surface area contributed by atoms with Crippen LogP contribution in [0.1, 0.15) is 47.1 Å². The molecule has 4 N–H and O–H groups in total. The summed E-state index contributed by atoms with van der Waals surface area (Å²) in [5.41, 5.74) is 5.71. The van der Waals surface area contributed by atoms with Crippen molar-refractivity contribution in [2.75, 3.05) is 11.9 Å². The van der Waals surface area contributed by atoms with Crippen LogP contribution in [0.3, 0.4) is 0 Å². The van der Waals surface area contributed by atoms with Gasteiger partial charge in [-0.1, -0.05) is 11.6 Å². The van der Waals surface area contributed by atoms with Crippen LogP contribution < -0.4 is 16.1 Å². The van der Waals surface area contributed by atoms with E-state index in [9.17, 15) is 9.59 Å². The Kier molecular flexibility index (Phi) is 7.30. The second-order valence-corrected chi connectivity index (χ2v) is 11.4. The van der Waals surface area contributed by atoms with Gasteiger partial charge in [-0.2, -0.15) is 5.43 Å². The maximum absolute atomic E-state index is 12.4. The minimum atomic E-state index is -0.595. The second kappa shape index (κ2) is 10.1. The monoisotopic (exact) mass is 527 g/mol. The number of alkyl carbamates (subject to hydrolysis) is 1. The number of aromatic nitrogens is 1. The number of carbonyl (C=O) groups excluding carboxylic acids is 2. The third kappa shape index (κ3) is 6.87. The van der Waals surface area contributed by atoms with Crippen LogP contribution in [-0.2, 0) is 15.9 Å². The summed E-state index contributed by atoms with van der Waals surface area (Å²) in [6, 6.07) is 9.80. The fraction of sp³-hybridized carbons (Fsp3) is 0.407. The largest absolute Gasteiger partial charge is 0.444 e. The van der Waals surface area contributed by atoms with Gasteiger partial charge in [0.05, 0.1) is 0 Å². The SMILES string of the molecule is CC(C)(C)OC(=O)NCCc1cc(NC2C=CN(C(=O)OC(C)(C)C)N2)cc2c1[nH]c1ccc(Cl)cc12. The van der Waals surface area contributed by atoms with E-state index in [2.05, 4.69) is 21.0 Å². The Bertz CT molecular complexity index is 1350. The van der Waals surface area contributed by atoms with Crippen LogP contribution in [0.5, 0.6) is 0 Å². The van der Waals surface area contributed by atoms with Crippen LogP contribution in [0, 0.1) is 0 Å². The Labute approximate surface area is 221 Å². The molecule has 0 aliphatic carbocycles. The lowest BCUT2D eigenvalue weighted by Crippen LogP contribution is -2.44. The van der Waals surface area contributed by atoms with Gasteiger partial charge in [0.25, 0.3) is 0 Å². The summed E-state index contributed by atoms with van der Waals surface area (Å²) in [4.78, 5) is 28.0. The molecule has 1 aliphatic rings. The fourth-order valence-corrected chi connectivity index (χ4v) is 4.20. The van der Waals surface area contributed by atoms with Crippen LogP contribution in [0.25, 0.3) is 21.8 Å². The maximum Gasteiger partial charge on any atom is 0.429 e. The topological polar surface area (TPSA) is 108 Å². The zero-order valence-corrected chi connectivity index (χ0v) is 22.7. The van der Waals surface area contributed by atoms with E-state index in [-0.39, 0.29) is 6.17 Å². The highest BCUT2D eigenvalue weighted by atomic mass is 35.5. The number of ether oxygens (including phenoxy) is 2. The van der Waals surface area contributed by atoms with E-state index in [1.54, 1.807) is 6.20 Å². The molecule has 9 nitrogen and oxygen atoms in total. The van der Waals surface area contributed by atoms with Gasteiger partial charge < -0.3 is 25.1 Å². The van der Waals surface area contributed by atoms with Crippen molar-refractivity contribution in [2.24, 2.45) is 0 Å². The third-order valence-electron chi connectivity index (χ3n) is 5.43. The Morgan fingerprint density at radius 3 is 2.46 bits per heavy atom. The number of anilines is 1. The third-order valence-corrected chi connectivity index (χ3v) is 5.67. The van der Waals surface area contributed by atoms with Crippen molar-refractivity contribution >= 4 is 51.3 Å². The van der Waals surface area contributed by atoms with Crippen molar-refractivity contribution in [3.63, 3.8) is 0 Å². The minimum Gasteiger partial charge on any atom is -0.444 e. The van der Waals surface area contributed by atoms with E-state index < -0.39 is 23.4 Å². The average molecular weight is 528 g/mol. The van der Waals surface area contributed by atoms with Crippen molar-refractivity contribution in [3.8, 4) is 0 Å². The van der Waals surface area contributed by atoms with E-state index in [1.165, 1.54) is 5.01 Å². The van der Waals surface area contributed by atoms with Gasteiger partial charge in [0.15, 0.2) is 0 Å². The summed E-state index contributed by atoms with van der Waals surface area (Å²) >= 11 is 6.30. The Hall–Kier alpha value is -3.43. The fourth-order valence-electron chi connectivity index (χ4n) is 4.03. The standard InChI is InChI=1S/C27H34ClN5O4/c1-26(2,3)36-24(34)29-11-9-16-13-18(15-20-19-14-17(28)7-8-21(19)31-23(16)20)30-22-10-12-33(32-22)25(35)37-27(4,5)6/h7-8,10,12-15,22,30-32H,9,11H2,1-6H3,(H,29,34). The molecule has 1 aromatic heterocycles. The number of amides is 2. The number of hydrazine groups is 1. The van der Waals surface area contributed by atoms with Crippen LogP contribution in [0.15, 0.2) is 42.6 Å². The van der Waals surface area contributed by atoms with Gasteiger partial charge >= 0.3 is 12.2 Å². The zero-order chi connectivity index (χ0) is 27.0. The summed E-state index contributed by atoms with van der Waals surface area (Å²) < 4.78 is 10.8. The molecule has 4 rings (SSSR count). The number of hydrogen-bond acceptors (Lipinski definition) is 6. The first-order valence-electron chi connectivity index (χ1n) is 12.2. The number of nitrogens with zero attached hydrogens (tertiary/aromatic N) is 1. The first-order chi connectivity index (χ1) is 17.3. The number of hydrogen-bond donors (Lipinski definition) is 4. The van der Waals surface area contributed by atoms with Crippen molar-refractivity contribution in [1.82, 2.24) is 20.7 Å². The maximum atomic E-state index is 12.4. The summed E-state index contributed by atoms with van der Waals surface area (Å²) in [5, 5.41) is 10.2. The van der Waals surface area contributed by atoms with E-state index in [0.717, 1.165) is 33.1 Å². The molecule has 2 heterocycles. The van der Waals surface area contributed by atoms with Crippen LogP contribution in [0.2, 0.25) is 5.02 Å². The number of nitrogens with one attached hydrogen (secondary N) is 4. The number of H-pyrrole nitrogens is 1. The Morgan fingerprint density at radius 2 is 1.76 bits per heavy atom. The lowest BCUT2D eigenvalue weighted by Gasteiger charge is -2.24. The smallest absolute Gasteiger partial charge is 0.429 e. The first-order valence-corrected chi connectivity index (χ1v) is 12.6. The first kappa shape index (κ1) is 26.6. The molecule has 3 aromatic rings. The molecule has 10 heteroatoms. The summed E-state index contributed by atoms with van der Waals surface area (Å²) in [5.74, 6) is 0. The van der Waals surface area contributed by atoms with Crippen molar-refractivity contribution in [1.29, 1.82) is 0 Å². The molecule has 0 saturated carbocycles. The highest BCUT2D eigenvalue weighted by molar-refractivity contribution is 6.31. The number of benzene rings is 2. The highest BCUT2D eigenvalue weighted by Gasteiger charge is 2.26. The quantitative estimate of drug-likeness (QED) is 0.322. The van der Waals surface area contributed by atoms with Crippen LogP contribution in [-0.4, -0.2) is 46.1 Å². The van der Waals surface area contributed by atoms with Crippen LogP contribution in [0.4, 0.5) is 15.3 Å². The zero-order valence-electron chi connectivity index (χ0n) is 22.0. The van der Waals surface area contributed by atoms with E-state index >= 15 is 0 Å². The van der Waals surface area contributed by atoms with Crippen LogP contribution >= 0.6 is 11.6 Å². The van der Waals surface area contributed by atoms with Crippen molar-refractivity contribution < 1.29 is 19.1 Å². The molecular formula is C27H34ClN5O4. The van der Waals surface area contributed by atoms with Gasteiger partial charge in [0.2, 0.25) is 0 Å². The molecule has 37 heavy (non-hydrogen) atoms. The molecule has 2 aromatic carbocycles. The Morgan fingerprint density at radius 1 is 1.03 bits per heavy atom. The summed E-state index contributed by atoms with van der Waals surface area (Å²) in [7, 11) is 0. The molecular weight excluding hydrogens is 494 g/mol. The summed E-state index contributed by atoms with van der Waals surface area (Å²) in [6.07, 6.45) is 2.79. The van der Waals surface area contributed by atoms with Gasteiger partial charge in [0, 0.05) is 45.3 Å². The Balaban J connectivity index is 1.55. The number of fused-ring (bicyclic) bond motifs is 3. The number of aromatic amines is 1. The lowest BCUT2D eigenvalue weighted by molar-refractivity contribution is 0.0263. The predicted octanol–water partition coefficient (Wildman–Crippen LogP) is 6.05. The molecule has 2 amide bonds. The molecule has 1 atom stereocenters. The average Bonchev–Trinajstić information content (AvgIpc) is 3.36. The number of rotatable bonds is 5. The second-order valence-electron chi connectivity index (χ2n) is 11.0. The van der Waals surface area contributed by atoms with Gasteiger partial charge in [-0.25, -0.2) is 14.6 Å². The number of halogens is 1. The molecule has 198 valence electrons.